The molecule has 1 atom stereocenters. The van der Waals surface area contributed by atoms with Crippen LogP contribution in [0.4, 0.5) is 4.39 Å². The topological polar surface area (TPSA) is 55.9 Å². The number of halogens is 1. The Morgan fingerprint density at radius 2 is 2.10 bits per heavy atom. The van der Waals surface area contributed by atoms with Gasteiger partial charge in [-0.15, -0.1) is 0 Å². The number of aromatic nitrogens is 2. The highest BCUT2D eigenvalue weighted by Gasteiger charge is 2.18. The number of nitrogens with one attached hydrogen (secondary N) is 1. The molecule has 0 fully saturated rings. The summed E-state index contributed by atoms with van der Waals surface area (Å²) in [6.07, 6.45) is 1.60. The predicted molar refractivity (Wildman–Crippen MR) is 82.2 cm³/mol. The molecule has 2 rings (SSSR count). The molecule has 1 aromatic carbocycles. The number of hydrazine groups is 1. The van der Waals surface area contributed by atoms with E-state index >= 15 is 0 Å². The Bertz CT molecular complexity index is 606. The number of nitrogens with two attached hydrogens (primary N) is 1. The summed E-state index contributed by atoms with van der Waals surface area (Å²) in [7, 11) is 0. The molecule has 5 heteroatoms. The first-order valence-electron chi connectivity index (χ1n) is 7.36. The van der Waals surface area contributed by atoms with Crippen molar-refractivity contribution in [3.63, 3.8) is 0 Å². The zero-order valence-corrected chi connectivity index (χ0v) is 12.9. The maximum atomic E-state index is 13.2. The predicted octanol–water partition coefficient (Wildman–Crippen LogP) is 2.66. The molecule has 1 unspecified atom stereocenters. The summed E-state index contributed by atoms with van der Waals surface area (Å²) in [6, 6.07) is 6.92. The Balaban J connectivity index is 2.29. The van der Waals surface area contributed by atoms with Gasteiger partial charge in [0.2, 0.25) is 0 Å². The fourth-order valence-electron chi connectivity index (χ4n) is 2.55. The summed E-state index contributed by atoms with van der Waals surface area (Å²) < 4.78 is 15.2. The van der Waals surface area contributed by atoms with Crippen molar-refractivity contribution in [3.8, 4) is 0 Å². The van der Waals surface area contributed by atoms with Crippen molar-refractivity contribution in [1.82, 2.24) is 15.2 Å². The van der Waals surface area contributed by atoms with E-state index in [1.807, 2.05) is 17.7 Å². The van der Waals surface area contributed by atoms with Gasteiger partial charge in [0.1, 0.15) is 5.82 Å². The van der Waals surface area contributed by atoms with Crippen LogP contribution >= 0.6 is 0 Å². The second-order valence-corrected chi connectivity index (χ2v) is 5.22. The number of nitrogens with zero attached hydrogens (tertiary/aromatic N) is 2. The molecular formula is C16H23FN4. The first-order valence-corrected chi connectivity index (χ1v) is 7.36. The van der Waals surface area contributed by atoms with Crippen molar-refractivity contribution < 1.29 is 4.39 Å². The first-order chi connectivity index (χ1) is 10.1. The third-order valence-electron chi connectivity index (χ3n) is 3.81. The highest BCUT2D eigenvalue weighted by molar-refractivity contribution is 5.29. The fraction of sp³-hybridized carbons (Fsp3) is 0.438. The van der Waals surface area contributed by atoms with Gasteiger partial charge in [0.25, 0.3) is 0 Å². The molecule has 1 aromatic heterocycles. The molecule has 0 bridgehead atoms. The maximum Gasteiger partial charge on any atom is 0.123 e. The normalized spacial score (nSPS) is 12.6. The van der Waals surface area contributed by atoms with E-state index in [-0.39, 0.29) is 11.9 Å². The van der Waals surface area contributed by atoms with Crippen molar-refractivity contribution in [1.29, 1.82) is 0 Å². The average Bonchev–Trinajstić information content (AvgIpc) is 2.90. The molecule has 0 aliphatic rings. The molecule has 0 spiro atoms. The highest BCUT2D eigenvalue weighted by Crippen LogP contribution is 2.22. The first kappa shape index (κ1) is 15.7. The van der Waals surface area contributed by atoms with E-state index < -0.39 is 0 Å². The second-order valence-electron chi connectivity index (χ2n) is 5.22. The van der Waals surface area contributed by atoms with Crippen LogP contribution in [-0.2, 0) is 19.4 Å². The zero-order valence-electron chi connectivity index (χ0n) is 12.9. The van der Waals surface area contributed by atoms with Crippen molar-refractivity contribution in [2.24, 2.45) is 5.84 Å². The number of rotatable bonds is 6. The summed E-state index contributed by atoms with van der Waals surface area (Å²) >= 11 is 0. The lowest BCUT2D eigenvalue weighted by Gasteiger charge is -2.18. The minimum Gasteiger partial charge on any atom is -0.271 e. The molecule has 21 heavy (non-hydrogen) atoms. The standard InChI is InChI=1S/C16H23FN4/c1-4-14-10-16(21(5-2)20-14)15(19-18)9-12-6-7-13(17)8-11(12)3/h6-8,10,15,19H,4-5,9,18H2,1-3H3. The van der Waals surface area contributed by atoms with Crippen LogP contribution in [0.3, 0.4) is 0 Å². The van der Waals surface area contributed by atoms with Crippen molar-refractivity contribution >= 4 is 0 Å². The van der Waals surface area contributed by atoms with Gasteiger partial charge in [-0.3, -0.25) is 16.0 Å². The van der Waals surface area contributed by atoms with E-state index in [1.54, 1.807) is 6.07 Å². The Kier molecular flexibility index (Phi) is 5.09. The fourth-order valence-corrected chi connectivity index (χ4v) is 2.55. The Morgan fingerprint density at radius 3 is 2.67 bits per heavy atom. The van der Waals surface area contributed by atoms with E-state index in [0.717, 1.165) is 35.5 Å². The van der Waals surface area contributed by atoms with Crippen LogP contribution in [0.1, 0.15) is 42.4 Å². The third kappa shape index (κ3) is 3.49. The smallest absolute Gasteiger partial charge is 0.123 e. The average molecular weight is 290 g/mol. The van der Waals surface area contributed by atoms with Crippen LogP contribution in [0.2, 0.25) is 0 Å². The molecule has 0 amide bonds. The Labute approximate surface area is 125 Å². The van der Waals surface area contributed by atoms with Gasteiger partial charge in [0.05, 0.1) is 17.4 Å². The minimum absolute atomic E-state index is 0.0399. The van der Waals surface area contributed by atoms with Gasteiger partial charge in [-0.05, 0) is 56.0 Å². The van der Waals surface area contributed by atoms with E-state index in [4.69, 9.17) is 5.84 Å². The molecule has 0 aliphatic heterocycles. The maximum absolute atomic E-state index is 13.2. The molecule has 1 heterocycles. The molecule has 0 aliphatic carbocycles. The molecule has 0 saturated heterocycles. The van der Waals surface area contributed by atoms with Crippen molar-refractivity contribution in [2.75, 3.05) is 0 Å². The molecule has 3 N–H and O–H groups in total. The SMILES string of the molecule is CCc1cc(C(Cc2ccc(F)cc2C)NN)n(CC)n1. The number of hydrogen-bond acceptors (Lipinski definition) is 3. The molecule has 0 saturated carbocycles. The zero-order chi connectivity index (χ0) is 15.4. The number of hydrogen-bond donors (Lipinski definition) is 2. The number of benzene rings is 1. The van der Waals surface area contributed by atoms with Gasteiger partial charge in [-0.25, -0.2) is 4.39 Å². The van der Waals surface area contributed by atoms with Crippen molar-refractivity contribution in [2.45, 2.75) is 46.2 Å². The second kappa shape index (κ2) is 6.83. The van der Waals surface area contributed by atoms with Gasteiger partial charge < -0.3 is 0 Å². The van der Waals surface area contributed by atoms with Gasteiger partial charge in [0.15, 0.2) is 0 Å². The summed E-state index contributed by atoms with van der Waals surface area (Å²) in [4.78, 5) is 0. The lowest BCUT2D eigenvalue weighted by Crippen LogP contribution is -2.31. The summed E-state index contributed by atoms with van der Waals surface area (Å²) in [5.41, 5.74) is 7.02. The van der Waals surface area contributed by atoms with Crippen LogP contribution < -0.4 is 11.3 Å². The molecule has 0 radical (unpaired) electrons. The monoisotopic (exact) mass is 290 g/mol. The van der Waals surface area contributed by atoms with E-state index in [2.05, 4.69) is 30.4 Å². The quantitative estimate of drug-likeness (QED) is 0.635. The molecule has 4 nitrogen and oxygen atoms in total. The Morgan fingerprint density at radius 1 is 1.33 bits per heavy atom. The van der Waals surface area contributed by atoms with E-state index in [9.17, 15) is 4.39 Å². The minimum atomic E-state index is -0.208. The van der Waals surface area contributed by atoms with Gasteiger partial charge >= 0.3 is 0 Å². The Hall–Kier alpha value is -1.72. The van der Waals surface area contributed by atoms with Crippen molar-refractivity contribution in [3.05, 3.63) is 52.6 Å². The number of aryl methyl sites for hydroxylation is 3. The van der Waals surface area contributed by atoms with Crippen LogP contribution in [-0.4, -0.2) is 9.78 Å². The summed E-state index contributed by atoms with van der Waals surface area (Å²) in [5.74, 6) is 5.53. The van der Waals surface area contributed by atoms with Crippen LogP contribution in [0.25, 0.3) is 0 Å². The molecule has 114 valence electrons. The third-order valence-corrected chi connectivity index (χ3v) is 3.81. The largest absolute Gasteiger partial charge is 0.271 e. The lowest BCUT2D eigenvalue weighted by atomic mass is 9.99. The van der Waals surface area contributed by atoms with Crippen LogP contribution in [0.5, 0.6) is 0 Å². The lowest BCUT2D eigenvalue weighted by molar-refractivity contribution is 0.488. The van der Waals surface area contributed by atoms with E-state index in [0.29, 0.717) is 6.42 Å². The molecular weight excluding hydrogens is 267 g/mol. The summed E-state index contributed by atoms with van der Waals surface area (Å²) in [6.45, 7) is 6.87. The van der Waals surface area contributed by atoms with Gasteiger partial charge in [-0.2, -0.15) is 5.10 Å². The molecule has 2 aromatic rings. The van der Waals surface area contributed by atoms with Crippen LogP contribution in [0.15, 0.2) is 24.3 Å². The van der Waals surface area contributed by atoms with Gasteiger partial charge in [-0.1, -0.05) is 13.0 Å². The van der Waals surface area contributed by atoms with E-state index in [1.165, 1.54) is 6.07 Å². The summed E-state index contributed by atoms with van der Waals surface area (Å²) in [5, 5.41) is 4.56. The van der Waals surface area contributed by atoms with Gasteiger partial charge in [0, 0.05) is 6.54 Å². The van der Waals surface area contributed by atoms with Crippen LogP contribution in [0, 0.1) is 12.7 Å². The highest BCUT2D eigenvalue weighted by atomic mass is 19.1.